The maximum absolute atomic E-state index is 11.8. The molecule has 1 aliphatic rings. The monoisotopic (exact) mass is 278 g/mol. The number of aliphatic hydroxyl groups excluding tert-OH is 1. The fourth-order valence-corrected chi connectivity index (χ4v) is 1.51. The van der Waals surface area contributed by atoms with E-state index in [9.17, 15) is 9.90 Å². The van der Waals surface area contributed by atoms with Crippen LogP contribution < -0.4 is 5.32 Å². The molecule has 0 fully saturated rings. The van der Waals surface area contributed by atoms with E-state index in [1.54, 1.807) is 6.08 Å². The lowest BCUT2D eigenvalue weighted by Gasteiger charge is -2.22. The van der Waals surface area contributed by atoms with Crippen LogP contribution >= 0.6 is 0 Å². The van der Waals surface area contributed by atoms with Gasteiger partial charge in [0.1, 0.15) is 11.5 Å². The molecule has 0 aromatic heterocycles. The van der Waals surface area contributed by atoms with Crippen LogP contribution in [-0.2, 0) is 4.79 Å². The van der Waals surface area contributed by atoms with E-state index in [0.717, 1.165) is 0 Å². The number of hydrogen-bond donors (Lipinski definition) is 2. The molecule has 4 nitrogen and oxygen atoms in total. The van der Waals surface area contributed by atoms with Gasteiger partial charge in [0.05, 0.1) is 5.70 Å². The Labute approximate surface area is 121 Å². The molecule has 0 atom stereocenters. The molecule has 0 spiro atoms. The van der Waals surface area contributed by atoms with Crippen LogP contribution in [0.3, 0.4) is 0 Å². The molecule has 0 saturated heterocycles. The number of nitrogens with zero attached hydrogens (tertiary/aromatic N) is 1. The summed E-state index contributed by atoms with van der Waals surface area (Å²) in [6.45, 7) is 13.8. The van der Waals surface area contributed by atoms with E-state index in [0.29, 0.717) is 24.5 Å². The summed E-state index contributed by atoms with van der Waals surface area (Å²) in [7, 11) is 0. The van der Waals surface area contributed by atoms with Crippen molar-refractivity contribution in [1.29, 1.82) is 0 Å². The summed E-state index contributed by atoms with van der Waals surface area (Å²) in [5, 5.41) is 13.0. The number of ketones is 1. The topological polar surface area (TPSA) is 61.7 Å². The van der Waals surface area contributed by atoms with Crippen molar-refractivity contribution in [3.05, 3.63) is 23.6 Å². The van der Waals surface area contributed by atoms with E-state index in [1.807, 2.05) is 0 Å². The van der Waals surface area contributed by atoms with Crippen molar-refractivity contribution in [2.45, 2.75) is 41.5 Å². The highest BCUT2D eigenvalue weighted by Gasteiger charge is 2.20. The zero-order valence-electron chi connectivity index (χ0n) is 13.4. The van der Waals surface area contributed by atoms with E-state index < -0.39 is 0 Å². The molecule has 0 heterocycles. The molecule has 0 aromatic carbocycles. The van der Waals surface area contributed by atoms with Crippen molar-refractivity contribution in [3.8, 4) is 0 Å². The van der Waals surface area contributed by atoms with E-state index in [-0.39, 0.29) is 22.4 Å². The largest absolute Gasteiger partial charge is 0.506 e. The minimum absolute atomic E-state index is 0.0195. The van der Waals surface area contributed by atoms with Crippen LogP contribution in [-0.4, -0.2) is 29.7 Å². The summed E-state index contributed by atoms with van der Waals surface area (Å²) >= 11 is 0. The summed E-state index contributed by atoms with van der Waals surface area (Å²) in [5.74, 6) is -0.262. The van der Waals surface area contributed by atoms with Crippen LogP contribution in [0.1, 0.15) is 41.5 Å². The predicted molar refractivity (Wildman–Crippen MR) is 83.0 cm³/mol. The zero-order chi connectivity index (χ0) is 15.6. The number of hydrogen-bond acceptors (Lipinski definition) is 4. The molecule has 0 aliphatic heterocycles. The van der Waals surface area contributed by atoms with Gasteiger partial charge >= 0.3 is 0 Å². The second-order valence-corrected chi connectivity index (χ2v) is 7.63. The third-order valence-corrected chi connectivity index (χ3v) is 2.61. The van der Waals surface area contributed by atoms with Gasteiger partial charge in [-0.25, -0.2) is 0 Å². The Hall–Kier alpha value is -1.58. The van der Waals surface area contributed by atoms with Crippen molar-refractivity contribution in [1.82, 2.24) is 5.32 Å². The highest BCUT2D eigenvalue weighted by molar-refractivity contribution is 6.49. The van der Waals surface area contributed by atoms with Crippen molar-refractivity contribution >= 4 is 11.5 Å². The SMILES string of the molecule is CC(C)(C)CN=C1C=C(NCC(C)(C)C)C(O)=CC1=O. The average molecular weight is 278 g/mol. The Balaban J connectivity index is 2.88. The summed E-state index contributed by atoms with van der Waals surface area (Å²) in [6.07, 6.45) is 2.86. The van der Waals surface area contributed by atoms with Gasteiger partial charge in [-0.05, 0) is 16.9 Å². The lowest BCUT2D eigenvalue weighted by molar-refractivity contribution is -0.109. The van der Waals surface area contributed by atoms with Crippen LogP contribution in [0.5, 0.6) is 0 Å². The molecule has 0 saturated carbocycles. The lowest BCUT2D eigenvalue weighted by atomic mass is 9.96. The molecule has 0 aromatic rings. The molecule has 0 bridgehead atoms. The molecular weight excluding hydrogens is 252 g/mol. The molecule has 0 unspecified atom stereocenters. The number of aliphatic hydroxyl groups is 1. The highest BCUT2D eigenvalue weighted by Crippen LogP contribution is 2.17. The molecule has 20 heavy (non-hydrogen) atoms. The van der Waals surface area contributed by atoms with Crippen LogP contribution in [0.4, 0.5) is 0 Å². The quantitative estimate of drug-likeness (QED) is 0.780. The van der Waals surface area contributed by atoms with E-state index in [4.69, 9.17) is 0 Å². The third kappa shape index (κ3) is 5.59. The van der Waals surface area contributed by atoms with Gasteiger partial charge in [0.15, 0.2) is 0 Å². The summed E-state index contributed by atoms with van der Waals surface area (Å²) in [5.41, 5.74) is 1.08. The zero-order valence-corrected chi connectivity index (χ0v) is 13.4. The predicted octanol–water partition coefficient (Wildman–Crippen LogP) is 3.02. The number of aliphatic imine (C=N–C) groups is 1. The number of allylic oxidation sites excluding steroid dienone is 2. The Bertz CT molecular complexity index is 472. The second kappa shape index (κ2) is 5.81. The molecule has 1 rings (SSSR count). The number of carbonyl (C=O) groups excluding carboxylic acids is 1. The molecule has 2 N–H and O–H groups in total. The molecule has 0 amide bonds. The van der Waals surface area contributed by atoms with Gasteiger partial charge in [0.2, 0.25) is 5.78 Å². The molecule has 0 radical (unpaired) electrons. The van der Waals surface area contributed by atoms with Gasteiger partial charge in [0, 0.05) is 19.2 Å². The van der Waals surface area contributed by atoms with E-state index >= 15 is 0 Å². The van der Waals surface area contributed by atoms with Gasteiger partial charge in [-0.3, -0.25) is 9.79 Å². The van der Waals surface area contributed by atoms with Crippen LogP contribution in [0.25, 0.3) is 0 Å². The standard InChI is InChI=1S/C16H26N2O2/c1-15(2,3)9-17-11-7-12(14(20)8-13(11)19)18-10-16(4,5)6/h7-8,17,19H,9-10H2,1-6H3. The molecular formula is C16H26N2O2. The number of carbonyl (C=O) groups is 1. The van der Waals surface area contributed by atoms with Gasteiger partial charge in [-0.15, -0.1) is 0 Å². The van der Waals surface area contributed by atoms with Crippen molar-refractivity contribution in [2.75, 3.05) is 13.1 Å². The summed E-state index contributed by atoms with van der Waals surface area (Å²) in [6, 6.07) is 0. The summed E-state index contributed by atoms with van der Waals surface area (Å²) in [4.78, 5) is 16.2. The Morgan fingerprint density at radius 3 is 2.20 bits per heavy atom. The van der Waals surface area contributed by atoms with Gasteiger partial charge < -0.3 is 10.4 Å². The van der Waals surface area contributed by atoms with Crippen LogP contribution in [0.2, 0.25) is 0 Å². The smallest absolute Gasteiger partial charge is 0.207 e. The minimum Gasteiger partial charge on any atom is -0.506 e. The molecule has 1 aliphatic carbocycles. The van der Waals surface area contributed by atoms with Gasteiger partial charge in [-0.1, -0.05) is 41.5 Å². The van der Waals surface area contributed by atoms with Crippen molar-refractivity contribution in [3.63, 3.8) is 0 Å². The summed E-state index contributed by atoms with van der Waals surface area (Å²) < 4.78 is 0. The lowest BCUT2D eigenvalue weighted by Crippen LogP contribution is -2.30. The first-order chi connectivity index (χ1) is 8.98. The van der Waals surface area contributed by atoms with Gasteiger partial charge in [0.25, 0.3) is 0 Å². The minimum atomic E-state index is -0.243. The van der Waals surface area contributed by atoms with Gasteiger partial charge in [-0.2, -0.15) is 0 Å². The molecule has 4 heteroatoms. The first-order valence-electron chi connectivity index (χ1n) is 6.93. The Kier molecular flexibility index (Phi) is 4.79. The number of nitrogens with one attached hydrogen (secondary N) is 1. The molecule has 112 valence electrons. The fourth-order valence-electron chi connectivity index (χ4n) is 1.51. The van der Waals surface area contributed by atoms with Crippen molar-refractivity contribution in [2.24, 2.45) is 15.8 Å². The van der Waals surface area contributed by atoms with Crippen LogP contribution in [0, 0.1) is 10.8 Å². The average Bonchev–Trinajstić information content (AvgIpc) is 2.24. The van der Waals surface area contributed by atoms with E-state index in [1.165, 1.54) is 6.08 Å². The Morgan fingerprint density at radius 1 is 1.10 bits per heavy atom. The van der Waals surface area contributed by atoms with Crippen LogP contribution in [0.15, 0.2) is 28.6 Å². The van der Waals surface area contributed by atoms with Crippen molar-refractivity contribution < 1.29 is 9.90 Å². The fraction of sp³-hybridized carbons (Fsp3) is 0.625. The highest BCUT2D eigenvalue weighted by atomic mass is 16.3. The normalized spacial score (nSPS) is 18.9. The first kappa shape index (κ1) is 16.5. The number of rotatable bonds is 3. The van der Waals surface area contributed by atoms with E-state index in [2.05, 4.69) is 51.9 Å². The Morgan fingerprint density at radius 2 is 1.70 bits per heavy atom. The second-order valence-electron chi connectivity index (χ2n) is 7.63. The third-order valence-electron chi connectivity index (χ3n) is 2.61. The first-order valence-corrected chi connectivity index (χ1v) is 6.93. The maximum Gasteiger partial charge on any atom is 0.207 e. The maximum atomic E-state index is 11.8.